The van der Waals surface area contributed by atoms with Crippen molar-refractivity contribution in [1.82, 2.24) is 0 Å². The number of rotatable bonds is 12. The van der Waals surface area contributed by atoms with Crippen LogP contribution in [0.25, 0.3) is 0 Å². The second-order valence-corrected chi connectivity index (χ2v) is 12.0. The van der Waals surface area contributed by atoms with Crippen molar-refractivity contribution in [3.05, 3.63) is 97.1 Å². The van der Waals surface area contributed by atoms with E-state index in [9.17, 15) is 27.0 Å². The highest BCUT2D eigenvalue weighted by Gasteiger charge is 2.22. The van der Waals surface area contributed by atoms with Gasteiger partial charge in [-0.05, 0) is 72.8 Å². The molecule has 0 saturated heterocycles. The Labute approximate surface area is 226 Å². The molecule has 0 unspecified atom stereocenters. The van der Waals surface area contributed by atoms with Gasteiger partial charge in [-0.1, -0.05) is 24.3 Å². The van der Waals surface area contributed by atoms with Gasteiger partial charge < -0.3 is 24.4 Å². The SMILES string of the molecule is O=S(=O)(c1ccc(OCCOCCOc2ccc(S(=O)(=O)c3ccccc3O)cc2)cc1)c1ccccc1O. The zero-order chi connectivity index (χ0) is 27.9. The summed E-state index contributed by atoms with van der Waals surface area (Å²) in [4.78, 5) is -0.257. The largest absolute Gasteiger partial charge is 0.507 e. The molecule has 0 bridgehead atoms. The number of para-hydroxylation sites is 2. The Balaban J connectivity index is 1.18. The summed E-state index contributed by atoms with van der Waals surface area (Å²) in [5.41, 5.74) is 0. The number of ether oxygens (including phenoxy) is 3. The van der Waals surface area contributed by atoms with Crippen LogP contribution in [0.3, 0.4) is 0 Å². The second-order valence-electron chi connectivity index (χ2n) is 8.19. The quantitative estimate of drug-likeness (QED) is 0.240. The van der Waals surface area contributed by atoms with Gasteiger partial charge in [0.05, 0.1) is 23.0 Å². The van der Waals surface area contributed by atoms with Crippen molar-refractivity contribution in [2.24, 2.45) is 0 Å². The van der Waals surface area contributed by atoms with E-state index in [1.54, 1.807) is 12.1 Å². The Hall–Kier alpha value is -4.06. The summed E-state index contributed by atoms with van der Waals surface area (Å²) in [7, 11) is -7.71. The average molecular weight is 571 g/mol. The Kier molecular flexibility index (Phi) is 8.75. The summed E-state index contributed by atoms with van der Waals surface area (Å²) in [6, 6.07) is 23.2. The minimum atomic E-state index is -3.85. The molecule has 4 aromatic rings. The van der Waals surface area contributed by atoms with Crippen molar-refractivity contribution in [3.63, 3.8) is 0 Å². The van der Waals surface area contributed by atoms with Crippen LogP contribution in [0.1, 0.15) is 0 Å². The van der Waals surface area contributed by atoms with Crippen molar-refractivity contribution in [2.45, 2.75) is 19.6 Å². The van der Waals surface area contributed by atoms with Gasteiger partial charge in [-0.2, -0.15) is 0 Å². The molecule has 204 valence electrons. The summed E-state index contributed by atoms with van der Waals surface area (Å²) in [6.45, 7) is 0.979. The van der Waals surface area contributed by atoms with Gasteiger partial charge in [0.25, 0.3) is 0 Å². The highest BCUT2D eigenvalue weighted by atomic mass is 32.2. The second kappa shape index (κ2) is 12.2. The van der Waals surface area contributed by atoms with Crippen LogP contribution in [0.5, 0.6) is 23.0 Å². The van der Waals surface area contributed by atoms with Crippen molar-refractivity contribution in [3.8, 4) is 23.0 Å². The number of sulfone groups is 2. The van der Waals surface area contributed by atoms with E-state index < -0.39 is 19.7 Å². The highest BCUT2D eigenvalue weighted by molar-refractivity contribution is 7.92. The lowest BCUT2D eigenvalue weighted by Gasteiger charge is -2.10. The van der Waals surface area contributed by atoms with E-state index in [1.165, 1.54) is 84.9 Å². The number of benzene rings is 4. The molecule has 0 fully saturated rings. The molecule has 0 aliphatic rings. The van der Waals surface area contributed by atoms with E-state index in [0.29, 0.717) is 11.5 Å². The first-order valence-corrected chi connectivity index (χ1v) is 14.8. The smallest absolute Gasteiger partial charge is 0.210 e. The van der Waals surface area contributed by atoms with Crippen LogP contribution in [-0.4, -0.2) is 53.5 Å². The molecule has 0 aromatic heterocycles. The molecule has 2 N–H and O–H groups in total. The predicted molar refractivity (Wildman–Crippen MR) is 142 cm³/mol. The van der Waals surface area contributed by atoms with Crippen LogP contribution >= 0.6 is 0 Å². The minimum Gasteiger partial charge on any atom is -0.507 e. The third-order valence-electron chi connectivity index (χ3n) is 5.57. The third-order valence-corrected chi connectivity index (χ3v) is 9.20. The summed E-state index contributed by atoms with van der Waals surface area (Å²) in [5.74, 6) is 0.302. The first-order chi connectivity index (χ1) is 18.7. The normalized spacial score (nSPS) is 11.7. The van der Waals surface area contributed by atoms with Gasteiger partial charge in [0, 0.05) is 0 Å². The van der Waals surface area contributed by atoms with E-state index in [-0.39, 0.29) is 57.5 Å². The van der Waals surface area contributed by atoms with Crippen molar-refractivity contribution in [1.29, 1.82) is 0 Å². The fourth-order valence-corrected chi connectivity index (χ4v) is 6.29. The Bertz CT molecular complexity index is 1490. The molecular formula is C28H26O9S2. The van der Waals surface area contributed by atoms with Crippen LogP contribution < -0.4 is 9.47 Å². The summed E-state index contributed by atoms with van der Waals surface area (Å²) in [6.07, 6.45) is 0. The van der Waals surface area contributed by atoms with Gasteiger partial charge in [-0.3, -0.25) is 0 Å². The van der Waals surface area contributed by atoms with Gasteiger partial charge in [-0.15, -0.1) is 0 Å². The fraction of sp³-hybridized carbons (Fsp3) is 0.143. The molecule has 11 heteroatoms. The minimum absolute atomic E-state index is 0.0357. The predicted octanol–water partition coefficient (Wildman–Crippen LogP) is 4.24. The topological polar surface area (TPSA) is 136 Å². The first kappa shape index (κ1) is 28.0. The summed E-state index contributed by atoms with van der Waals surface area (Å²) in [5, 5.41) is 19.7. The van der Waals surface area contributed by atoms with Gasteiger partial charge in [0.1, 0.15) is 46.0 Å². The van der Waals surface area contributed by atoms with Crippen LogP contribution in [0.4, 0.5) is 0 Å². The number of hydrogen-bond acceptors (Lipinski definition) is 9. The highest BCUT2D eigenvalue weighted by Crippen LogP contribution is 2.30. The van der Waals surface area contributed by atoms with Crippen molar-refractivity contribution < 1.29 is 41.3 Å². The first-order valence-electron chi connectivity index (χ1n) is 11.8. The molecule has 4 aromatic carbocycles. The van der Waals surface area contributed by atoms with E-state index >= 15 is 0 Å². The van der Waals surface area contributed by atoms with Crippen LogP contribution in [-0.2, 0) is 24.4 Å². The average Bonchev–Trinajstić information content (AvgIpc) is 2.93. The molecule has 0 radical (unpaired) electrons. The molecule has 0 amide bonds. The number of phenols is 2. The third kappa shape index (κ3) is 6.69. The molecule has 0 aliphatic carbocycles. The van der Waals surface area contributed by atoms with Crippen molar-refractivity contribution >= 4 is 19.7 Å². The molecule has 0 atom stereocenters. The molecule has 39 heavy (non-hydrogen) atoms. The van der Waals surface area contributed by atoms with E-state index in [1.807, 2.05) is 0 Å². The lowest BCUT2D eigenvalue weighted by molar-refractivity contribution is 0.0764. The maximum atomic E-state index is 12.7. The van der Waals surface area contributed by atoms with Gasteiger partial charge >= 0.3 is 0 Å². The van der Waals surface area contributed by atoms with E-state index in [2.05, 4.69) is 0 Å². The molecule has 9 nitrogen and oxygen atoms in total. The lowest BCUT2D eigenvalue weighted by Crippen LogP contribution is -2.12. The van der Waals surface area contributed by atoms with E-state index in [0.717, 1.165) is 0 Å². The lowest BCUT2D eigenvalue weighted by atomic mass is 10.3. The summed E-state index contributed by atoms with van der Waals surface area (Å²) < 4.78 is 67.4. The zero-order valence-electron chi connectivity index (χ0n) is 20.6. The zero-order valence-corrected chi connectivity index (χ0v) is 22.3. The molecular weight excluding hydrogens is 544 g/mol. The van der Waals surface area contributed by atoms with Gasteiger partial charge in [0.15, 0.2) is 0 Å². The Morgan fingerprint density at radius 2 is 0.846 bits per heavy atom. The van der Waals surface area contributed by atoms with Crippen LogP contribution in [0.15, 0.2) is 117 Å². The molecule has 0 heterocycles. The molecule has 0 spiro atoms. The Morgan fingerprint density at radius 3 is 1.21 bits per heavy atom. The summed E-state index contributed by atoms with van der Waals surface area (Å²) >= 11 is 0. The maximum absolute atomic E-state index is 12.7. The fourth-order valence-electron chi connectivity index (χ4n) is 3.59. The number of aromatic hydroxyl groups is 2. The van der Waals surface area contributed by atoms with Crippen LogP contribution in [0.2, 0.25) is 0 Å². The van der Waals surface area contributed by atoms with Crippen molar-refractivity contribution in [2.75, 3.05) is 26.4 Å². The molecule has 4 rings (SSSR count). The molecule has 0 saturated carbocycles. The van der Waals surface area contributed by atoms with E-state index in [4.69, 9.17) is 14.2 Å². The monoisotopic (exact) mass is 570 g/mol. The number of hydrogen-bond donors (Lipinski definition) is 2. The maximum Gasteiger partial charge on any atom is 0.210 e. The van der Waals surface area contributed by atoms with Gasteiger partial charge in [0.2, 0.25) is 19.7 Å². The molecule has 0 aliphatic heterocycles. The Morgan fingerprint density at radius 1 is 0.487 bits per heavy atom. The van der Waals surface area contributed by atoms with Crippen LogP contribution in [0, 0.1) is 0 Å². The number of phenolic OH excluding ortho intramolecular Hbond substituents is 2. The standard InChI is InChI=1S/C28H26O9S2/c29-25-5-1-3-7-27(25)38(31,32)23-13-9-21(10-14-23)36-19-17-35-18-20-37-22-11-15-24(16-12-22)39(33,34)28-8-4-2-6-26(28)30/h1-16,29-30H,17-20H2. The van der Waals surface area contributed by atoms with Gasteiger partial charge in [-0.25, -0.2) is 16.8 Å².